The van der Waals surface area contributed by atoms with Gasteiger partial charge in [-0.1, -0.05) is 42.1 Å². The fraction of sp³-hybridized carbons (Fsp3) is 0.138. The van der Waals surface area contributed by atoms with Crippen LogP contribution in [0.2, 0.25) is 0 Å². The topological polar surface area (TPSA) is 87.3 Å². The van der Waals surface area contributed by atoms with Gasteiger partial charge in [-0.2, -0.15) is 9.49 Å². The van der Waals surface area contributed by atoms with E-state index in [1.807, 2.05) is 66.4 Å². The molecule has 0 unspecified atom stereocenters. The van der Waals surface area contributed by atoms with Gasteiger partial charge in [-0.25, -0.2) is 9.97 Å². The number of hydrogen-bond donors (Lipinski definition) is 2. The molecule has 0 spiro atoms. The Morgan fingerprint density at radius 1 is 0.947 bits per heavy atom. The van der Waals surface area contributed by atoms with Crippen LogP contribution in [-0.4, -0.2) is 36.5 Å². The average molecular weight is 528 g/mol. The van der Waals surface area contributed by atoms with Gasteiger partial charge in [0.05, 0.1) is 0 Å². The number of benzene rings is 2. The second-order valence-electron chi connectivity index (χ2n) is 8.66. The second-order valence-corrected chi connectivity index (χ2v) is 9.74. The first kappa shape index (κ1) is 25.3. The van der Waals surface area contributed by atoms with E-state index in [0.717, 1.165) is 21.7 Å². The maximum atomic E-state index is 13.4. The van der Waals surface area contributed by atoms with Gasteiger partial charge in [0.15, 0.2) is 5.75 Å². The zero-order valence-electron chi connectivity index (χ0n) is 21.1. The van der Waals surface area contributed by atoms with E-state index in [1.54, 1.807) is 37.0 Å². The van der Waals surface area contributed by atoms with E-state index in [2.05, 4.69) is 15.1 Å². The van der Waals surface area contributed by atoms with Crippen LogP contribution < -0.4 is 4.90 Å². The Bertz CT molecular complexity index is 1590. The molecule has 0 saturated heterocycles. The van der Waals surface area contributed by atoms with Crippen LogP contribution in [-0.2, 0) is 7.05 Å². The van der Waals surface area contributed by atoms with E-state index < -0.39 is 5.95 Å². The molecule has 0 aliphatic rings. The van der Waals surface area contributed by atoms with Gasteiger partial charge in [0.2, 0.25) is 11.8 Å². The summed E-state index contributed by atoms with van der Waals surface area (Å²) in [5.41, 5.74) is 4.56. The maximum absolute atomic E-state index is 13.4. The summed E-state index contributed by atoms with van der Waals surface area (Å²) in [4.78, 5) is 11.4. The highest BCUT2D eigenvalue weighted by atomic mass is 32.2. The number of aryl methyl sites for hydroxylation is 2. The van der Waals surface area contributed by atoms with Crippen molar-refractivity contribution in [3.63, 3.8) is 0 Å². The molecule has 192 valence electrons. The smallest absolute Gasteiger partial charge is 0.229 e. The van der Waals surface area contributed by atoms with Crippen molar-refractivity contribution >= 4 is 23.1 Å². The molecule has 0 fully saturated rings. The predicted molar refractivity (Wildman–Crippen MR) is 147 cm³/mol. The minimum atomic E-state index is -0.515. The molecule has 38 heavy (non-hydrogen) atoms. The summed E-state index contributed by atoms with van der Waals surface area (Å²) in [6.07, 6.45) is 1.79. The fourth-order valence-corrected chi connectivity index (χ4v) is 5.18. The van der Waals surface area contributed by atoms with Gasteiger partial charge in [-0.15, -0.1) is 0 Å². The number of nitrogens with zero attached hydrogens (tertiary/aromatic N) is 5. The molecule has 0 bridgehead atoms. The van der Waals surface area contributed by atoms with Gasteiger partial charge in [0, 0.05) is 41.6 Å². The van der Waals surface area contributed by atoms with Crippen LogP contribution in [0.4, 0.5) is 15.8 Å². The van der Waals surface area contributed by atoms with Crippen molar-refractivity contribution in [2.75, 3.05) is 11.4 Å². The molecule has 0 saturated carbocycles. The zero-order chi connectivity index (χ0) is 26.8. The van der Waals surface area contributed by atoms with Crippen molar-refractivity contribution < 1.29 is 14.6 Å². The van der Waals surface area contributed by atoms with Crippen molar-refractivity contribution in [1.82, 2.24) is 19.7 Å². The van der Waals surface area contributed by atoms with Gasteiger partial charge >= 0.3 is 0 Å². The van der Waals surface area contributed by atoms with Crippen molar-refractivity contribution in [3.05, 3.63) is 90.6 Å². The lowest BCUT2D eigenvalue weighted by Crippen LogP contribution is -2.18. The number of rotatable bonds is 7. The first-order valence-corrected chi connectivity index (χ1v) is 12.9. The Hall–Kier alpha value is -4.37. The molecule has 0 aliphatic carbocycles. The first-order chi connectivity index (χ1) is 18.4. The Morgan fingerprint density at radius 3 is 2.32 bits per heavy atom. The summed E-state index contributed by atoms with van der Waals surface area (Å²) in [5, 5.41) is 27.0. The highest BCUT2D eigenvalue weighted by molar-refractivity contribution is 7.99. The second kappa shape index (κ2) is 10.5. The lowest BCUT2D eigenvalue weighted by atomic mass is 10.1. The number of hydrogen-bond acceptors (Lipinski definition) is 7. The molecule has 2 aromatic carbocycles. The highest BCUT2D eigenvalue weighted by Gasteiger charge is 2.26. The predicted octanol–water partition coefficient (Wildman–Crippen LogP) is 6.71. The van der Waals surface area contributed by atoms with Crippen LogP contribution >= 0.6 is 11.8 Å². The molecule has 0 amide bonds. The summed E-state index contributed by atoms with van der Waals surface area (Å²) in [6.45, 7) is 4.30. The first-order valence-electron chi connectivity index (χ1n) is 12.1. The molecule has 0 aliphatic heterocycles. The van der Waals surface area contributed by atoms with Crippen LogP contribution in [0.15, 0.2) is 88.8 Å². The quantitative estimate of drug-likeness (QED) is 0.227. The minimum Gasteiger partial charge on any atom is -0.504 e. The minimum absolute atomic E-state index is 0.0866. The van der Waals surface area contributed by atoms with Gasteiger partial charge in [0.1, 0.15) is 22.0 Å². The van der Waals surface area contributed by atoms with Gasteiger partial charge < -0.3 is 15.1 Å². The van der Waals surface area contributed by atoms with Crippen molar-refractivity contribution in [2.24, 2.45) is 7.05 Å². The van der Waals surface area contributed by atoms with E-state index in [0.29, 0.717) is 29.3 Å². The number of halogens is 1. The molecule has 3 heterocycles. The Kier molecular flexibility index (Phi) is 7.02. The monoisotopic (exact) mass is 527 g/mol. The number of aromatic nitrogens is 4. The van der Waals surface area contributed by atoms with E-state index >= 15 is 0 Å². The third-order valence-corrected chi connectivity index (χ3v) is 7.22. The third kappa shape index (κ3) is 4.92. The van der Waals surface area contributed by atoms with Crippen LogP contribution in [0.25, 0.3) is 22.5 Å². The molecule has 5 rings (SSSR count). The summed E-state index contributed by atoms with van der Waals surface area (Å²) in [7, 11) is 1.80. The number of para-hydroxylation sites is 1. The standard InChI is InChI=1S/C29H26FN5O2S/c1-4-35(20-8-6-5-7-9-20)26-25(23-16-17-34(3)33-23)32-29(37)28(27(26)36)38-21-12-10-19(11-13-21)22-14-15-24(30)31-18(22)2/h5-17H,4H2,1-3H3,(H2,32,36,37). The lowest BCUT2D eigenvalue weighted by Gasteiger charge is -2.27. The summed E-state index contributed by atoms with van der Waals surface area (Å²) >= 11 is 1.21. The van der Waals surface area contributed by atoms with E-state index in [4.69, 9.17) is 0 Å². The normalized spacial score (nSPS) is 11.1. The summed E-state index contributed by atoms with van der Waals surface area (Å²) in [6, 6.07) is 22.1. The summed E-state index contributed by atoms with van der Waals surface area (Å²) in [5.74, 6) is -0.890. The zero-order valence-corrected chi connectivity index (χ0v) is 21.9. The van der Waals surface area contributed by atoms with Crippen molar-refractivity contribution in [2.45, 2.75) is 23.6 Å². The lowest BCUT2D eigenvalue weighted by molar-refractivity contribution is 0.413. The van der Waals surface area contributed by atoms with Crippen LogP contribution in [0.3, 0.4) is 0 Å². The van der Waals surface area contributed by atoms with Gasteiger partial charge in [0.25, 0.3) is 0 Å². The average Bonchev–Trinajstić information content (AvgIpc) is 3.35. The third-order valence-electron chi connectivity index (χ3n) is 6.13. The van der Waals surface area contributed by atoms with Gasteiger partial charge in [-0.3, -0.25) is 4.68 Å². The largest absolute Gasteiger partial charge is 0.504 e. The molecular weight excluding hydrogens is 501 g/mol. The molecule has 7 nitrogen and oxygen atoms in total. The highest BCUT2D eigenvalue weighted by Crippen LogP contribution is 2.50. The number of aromatic hydroxyl groups is 2. The molecule has 5 aromatic rings. The SMILES string of the molecule is CCN(c1ccccc1)c1c(-c2ccn(C)n2)nc(O)c(Sc2ccc(-c3ccc(F)nc3C)cc2)c1O. The van der Waals surface area contributed by atoms with Crippen LogP contribution in [0.1, 0.15) is 12.6 Å². The van der Waals surface area contributed by atoms with Gasteiger partial charge in [-0.05, 0) is 61.9 Å². The fourth-order valence-electron chi connectivity index (χ4n) is 4.34. The van der Waals surface area contributed by atoms with E-state index in [-0.39, 0.29) is 16.5 Å². The Morgan fingerprint density at radius 2 is 1.68 bits per heavy atom. The molecule has 3 aromatic heterocycles. The van der Waals surface area contributed by atoms with E-state index in [9.17, 15) is 14.6 Å². The van der Waals surface area contributed by atoms with Crippen LogP contribution in [0, 0.1) is 12.9 Å². The molecule has 0 radical (unpaired) electrons. The Balaban J connectivity index is 1.57. The molecule has 2 N–H and O–H groups in total. The maximum Gasteiger partial charge on any atom is 0.229 e. The van der Waals surface area contributed by atoms with Crippen molar-refractivity contribution in [3.8, 4) is 34.1 Å². The summed E-state index contributed by atoms with van der Waals surface area (Å²) < 4.78 is 15.1. The number of pyridine rings is 2. The molecule has 9 heteroatoms. The van der Waals surface area contributed by atoms with Crippen LogP contribution in [0.5, 0.6) is 11.6 Å². The van der Waals surface area contributed by atoms with Crippen molar-refractivity contribution in [1.29, 1.82) is 0 Å². The molecule has 0 atom stereocenters. The van der Waals surface area contributed by atoms with E-state index in [1.165, 1.54) is 17.8 Å². The number of anilines is 2. The Labute approximate surface area is 224 Å². The molecular formula is C29H26FN5O2S.